The molecular weight excluding hydrogens is 254 g/mol. The third kappa shape index (κ3) is 3.48. The summed E-state index contributed by atoms with van der Waals surface area (Å²) in [7, 11) is 0. The summed E-state index contributed by atoms with van der Waals surface area (Å²) in [5.41, 5.74) is 7.03. The first-order chi connectivity index (χ1) is 9.47. The molecule has 20 heavy (non-hydrogen) atoms. The van der Waals surface area contributed by atoms with Crippen molar-refractivity contribution in [3.63, 3.8) is 0 Å². The van der Waals surface area contributed by atoms with E-state index >= 15 is 0 Å². The summed E-state index contributed by atoms with van der Waals surface area (Å²) in [5.74, 6) is 1.58. The highest BCUT2D eigenvalue weighted by atomic mass is 16.6. The molecule has 110 valence electrons. The van der Waals surface area contributed by atoms with Crippen molar-refractivity contribution in [1.82, 2.24) is 4.90 Å². The number of benzene rings is 1. The van der Waals surface area contributed by atoms with E-state index in [4.69, 9.17) is 5.73 Å². The molecule has 0 saturated carbocycles. The van der Waals surface area contributed by atoms with Crippen LogP contribution in [-0.4, -0.2) is 22.9 Å². The number of likely N-dealkylation sites (tertiary alicyclic amines) is 1. The summed E-state index contributed by atoms with van der Waals surface area (Å²) in [5, 5.41) is 10.7. The van der Waals surface area contributed by atoms with E-state index in [0.29, 0.717) is 0 Å². The Balaban J connectivity index is 1.95. The van der Waals surface area contributed by atoms with Crippen LogP contribution in [0.25, 0.3) is 0 Å². The lowest BCUT2D eigenvalue weighted by Gasteiger charge is -2.33. The molecule has 0 bridgehead atoms. The molecule has 2 rings (SSSR count). The number of hydrogen-bond acceptors (Lipinski definition) is 4. The first kappa shape index (κ1) is 14.8. The van der Waals surface area contributed by atoms with Crippen molar-refractivity contribution in [3.8, 4) is 0 Å². The van der Waals surface area contributed by atoms with Gasteiger partial charge in [0.25, 0.3) is 5.69 Å². The van der Waals surface area contributed by atoms with E-state index in [0.717, 1.165) is 37.0 Å². The standard InChI is InChI=1S/C15H23N3O2/c1-11(2)13-5-7-17(8-6-13)10-12-3-4-15(18(19)20)14(16)9-12/h3-4,9,11,13H,5-8,10,16H2,1-2H3. The lowest BCUT2D eigenvalue weighted by Crippen LogP contribution is -2.34. The van der Waals surface area contributed by atoms with Crippen LogP contribution in [0.3, 0.4) is 0 Å². The van der Waals surface area contributed by atoms with Crippen molar-refractivity contribution in [1.29, 1.82) is 0 Å². The molecule has 2 N–H and O–H groups in total. The summed E-state index contributed by atoms with van der Waals surface area (Å²) in [6, 6.07) is 5.04. The van der Waals surface area contributed by atoms with Crippen LogP contribution in [-0.2, 0) is 6.54 Å². The van der Waals surface area contributed by atoms with Crippen LogP contribution in [0.15, 0.2) is 18.2 Å². The molecule has 5 heteroatoms. The zero-order chi connectivity index (χ0) is 14.7. The van der Waals surface area contributed by atoms with Gasteiger partial charge in [-0.15, -0.1) is 0 Å². The molecule has 0 aliphatic carbocycles. The molecule has 1 aliphatic rings. The van der Waals surface area contributed by atoms with Crippen molar-refractivity contribution in [2.45, 2.75) is 33.2 Å². The number of nitrogens with two attached hydrogens (primary N) is 1. The van der Waals surface area contributed by atoms with Crippen molar-refractivity contribution >= 4 is 11.4 Å². The van der Waals surface area contributed by atoms with Gasteiger partial charge in [-0.25, -0.2) is 0 Å². The fourth-order valence-corrected chi connectivity index (χ4v) is 2.90. The van der Waals surface area contributed by atoms with Crippen LogP contribution in [0.1, 0.15) is 32.3 Å². The van der Waals surface area contributed by atoms with Crippen LogP contribution < -0.4 is 5.73 Å². The zero-order valence-electron chi connectivity index (χ0n) is 12.2. The molecule has 0 spiro atoms. The van der Waals surface area contributed by atoms with Gasteiger partial charge in [0.1, 0.15) is 5.69 Å². The van der Waals surface area contributed by atoms with Gasteiger partial charge in [-0.05, 0) is 49.4 Å². The topological polar surface area (TPSA) is 72.4 Å². The Morgan fingerprint density at radius 3 is 2.55 bits per heavy atom. The summed E-state index contributed by atoms with van der Waals surface area (Å²) < 4.78 is 0. The number of nitrogen functional groups attached to an aromatic ring is 1. The summed E-state index contributed by atoms with van der Waals surface area (Å²) in [6.45, 7) is 7.60. The van der Waals surface area contributed by atoms with Crippen molar-refractivity contribution in [2.24, 2.45) is 11.8 Å². The molecule has 1 heterocycles. The number of nitro benzene ring substituents is 1. The van der Waals surface area contributed by atoms with E-state index < -0.39 is 4.92 Å². The smallest absolute Gasteiger partial charge is 0.292 e. The van der Waals surface area contributed by atoms with Crippen LogP contribution in [0.4, 0.5) is 11.4 Å². The molecule has 0 radical (unpaired) electrons. The molecule has 1 fully saturated rings. The lowest BCUT2D eigenvalue weighted by atomic mass is 9.86. The monoisotopic (exact) mass is 277 g/mol. The number of piperidine rings is 1. The van der Waals surface area contributed by atoms with Crippen LogP contribution >= 0.6 is 0 Å². The number of nitro groups is 1. The highest BCUT2D eigenvalue weighted by molar-refractivity contribution is 5.59. The molecular formula is C15H23N3O2. The molecule has 1 aliphatic heterocycles. The maximum Gasteiger partial charge on any atom is 0.292 e. The minimum absolute atomic E-state index is 0.00716. The minimum Gasteiger partial charge on any atom is -0.393 e. The van der Waals surface area contributed by atoms with Gasteiger partial charge in [-0.2, -0.15) is 0 Å². The minimum atomic E-state index is -0.437. The van der Waals surface area contributed by atoms with Gasteiger partial charge in [-0.1, -0.05) is 19.9 Å². The summed E-state index contributed by atoms with van der Waals surface area (Å²) in [4.78, 5) is 12.7. The second-order valence-electron chi connectivity index (χ2n) is 6.01. The van der Waals surface area contributed by atoms with E-state index in [-0.39, 0.29) is 11.4 Å². The van der Waals surface area contributed by atoms with Gasteiger partial charge in [-0.3, -0.25) is 15.0 Å². The molecule has 0 atom stereocenters. The number of rotatable bonds is 4. The van der Waals surface area contributed by atoms with Crippen molar-refractivity contribution in [3.05, 3.63) is 33.9 Å². The van der Waals surface area contributed by atoms with E-state index in [1.165, 1.54) is 18.9 Å². The van der Waals surface area contributed by atoms with Crippen LogP contribution in [0, 0.1) is 22.0 Å². The fourth-order valence-electron chi connectivity index (χ4n) is 2.90. The lowest BCUT2D eigenvalue weighted by molar-refractivity contribution is -0.383. The Labute approximate surface area is 119 Å². The highest BCUT2D eigenvalue weighted by Gasteiger charge is 2.21. The van der Waals surface area contributed by atoms with Gasteiger partial charge in [0.05, 0.1) is 4.92 Å². The number of hydrogen-bond donors (Lipinski definition) is 1. The molecule has 5 nitrogen and oxygen atoms in total. The normalized spacial score (nSPS) is 17.6. The van der Waals surface area contributed by atoms with Gasteiger partial charge in [0.15, 0.2) is 0 Å². The Bertz CT molecular complexity index is 480. The first-order valence-corrected chi connectivity index (χ1v) is 7.22. The Morgan fingerprint density at radius 1 is 1.40 bits per heavy atom. The van der Waals surface area contributed by atoms with E-state index in [1.54, 1.807) is 6.07 Å². The summed E-state index contributed by atoms with van der Waals surface area (Å²) >= 11 is 0. The zero-order valence-corrected chi connectivity index (χ0v) is 12.2. The highest BCUT2D eigenvalue weighted by Crippen LogP contribution is 2.27. The molecule has 1 aromatic carbocycles. The van der Waals surface area contributed by atoms with Gasteiger partial charge in [0.2, 0.25) is 0 Å². The van der Waals surface area contributed by atoms with Crippen molar-refractivity contribution < 1.29 is 4.92 Å². The molecule has 0 amide bonds. The Kier molecular flexibility index (Phi) is 4.60. The van der Waals surface area contributed by atoms with E-state index in [9.17, 15) is 10.1 Å². The maximum atomic E-state index is 10.7. The average Bonchev–Trinajstić information content (AvgIpc) is 2.39. The molecule has 0 aromatic heterocycles. The quantitative estimate of drug-likeness (QED) is 0.521. The predicted molar refractivity (Wildman–Crippen MR) is 80.3 cm³/mol. The van der Waals surface area contributed by atoms with Crippen molar-refractivity contribution in [2.75, 3.05) is 18.8 Å². The second kappa shape index (κ2) is 6.22. The average molecular weight is 277 g/mol. The maximum absolute atomic E-state index is 10.7. The van der Waals surface area contributed by atoms with E-state index in [1.807, 2.05) is 6.07 Å². The van der Waals surface area contributed by atoms with Gasteiger partial charge < -0.3 is 5.73 Å². The predicted octanol–water partition coefficient (Wildman–Crippen LogP) is 3.05. The third-order valence-corrected chi connectivity index (χ3v) is 4.27. The van der Waals surface area contributed by atoms with Gasteiger partial charge >= 0.3 is 0 Å². The molecule has 0 unspecified atom stereocenters. The summed E-state index contributed by atoms with van der Waals surface area (Å²) in [6.07, 6.45) is 2.47. The largest absolute Gasteiger partial charge is 0.393 e. The van der Waals surface area contributed by atoms with E-state index in [2.05, 4.69) is 18.7 Å². The SMILES string of the molecule is CC(C)C1CCN(Cc2ccc([N+](=O)[O-])c(N)c2)CC1. The first-order valence-electron chi connectivity index (χ1n) is 7.22. The second-order valence-corrected chi connectivity index (χ2v) is 6.01. The number of nitrogens with zero attached hydrogens (tertiary/aromatic N) is 2. The number of anilines is 1. The fraction of sp³-hybridized carbons (Fsp3) is 0.600. The van der Waals surface area contributed by atoms with Crippen LogP contribution in [0.2, 0.25) is 0 Å². The molecule has 1 aromatic rings. The molecule has 1 saturated heterocycles. The van der Waals surface area contributed by atoms with Gasteiger partial charge in [0, 0.05) is 12.6 Å². The Morgan fingerprint density at radius 2 is 2.05 bits per heavy atom. The van der Waals surface area contributed by atoms with Crippen LogP contribution in [0.5, 0.6) is 0 Å². The Hall–Kier alpha value is -1.62. The third-order valence-electron chi connectivity index (χ3n) is 4.27.